The second kappa shape index (κ2) is 10.3. The number of aromatic nitrogens is 2. The quantitative estimate of drug-likeness (QED) is 0.0967. The van der Waals surface area contributed by atoms with E-state index in [0.717, 1.165) is 20.1 Å². The normalized spacial score (nSPS) is 11.0. The van der Waals surface area contributed by atoms with E-state index in [9.17, 15) is 33.9 Å². The van der Waals surface area contributed by atoms with Crippen LogP contribution in [0.25, 0.3) is 11.0 Å². The molecule has 1 heterocycles. The van der Waals surface area contributed by atoms with Crippen LogP contribution in [0.5, 0.6) is 5.75 Å². The number of aromatic amines is 2. The number of Topliss-reactive ketones (excluding diaryl/α,β-unsaturated/α-hetero) is 1. The Balaban J connectivity index is 1.99. The van der Waals surface area contributed by atoms with Gasteiger partial charge in [0.1, 0.15) is 5.75 Å². The fourth-order valence-corrected chi connectivity index (χ4v) is 3.06. The van der Waals surface area contributed by atoms with Crippen molar-refractivity contribution in [3.05, 3.63) is 62.2 Å². The highest BCUT2D eigenvalue weighted by atomic mass is 16.5. The number of carbonyl (C=O) groups excluding carboxylic acids is 3. The summed E-state index contributed by atoms with van der Waals surface area (Å²) < 4.78 is 9.86. The number of nitrogens with one attached hydrogen (secondary N) is 4. The number of carbonyl (C=O) groups is 4. The van der Waals surface area contributed by atoms with Crippen molar-refractivity contribution in [3.8, 4) is 5.75 Å². The summed E-state index contributed by atoms with van der Waals surface area (Å²) in [6, 6.07) is 6.10. The molecule has 0 saturated heterocycles. The summed E-state index contributed by atoms with van der Waals surface area (Å²) in [5.74, 6) is -3.77. The summed E-state index contributed by atoms with van der Waals surface area (Å²) in [5.41, 5.74) is -0.0374. The molecule has 0 aliphatic rings. The zero-order valence-electron chi connectivity index (χ0n) is 19.0. The number of fused-ring (bicyclic) bond motifs is 1. The van der Waals surface area contributed by atoms with E-state index in [1.807, 2.05) is 0 Å². The molecule has 36 heavy (non-hydrogen) atoms. The van der Waals surface area contributed by atoms with Crippen molar-refractivity contribution in [3.63, 3.8) is 0 Å². The predicted molar refractivity (Wildman–Crippen MR) is 127 cm³/mol. The van der Waals surface area contributed by atoms with E-state index in [1.165, 1.54) is 31.4 Å². The third kappa shape index (κ3) is 5.27. The monoisotopic (exact) mass is 497 g/mol. The molecular formula is C22H19N5O9. The lowest BCUT2D eigenvalue weighted by molar-refractivity contribution is -0.114. The number of H-pyrrole nitrogens is 2. The van der Waals surface area contributed by atoms with E-state index in [0.29, 0.717) is 0 Å². The van der Waals surface area contributed by atoms with Crippen LogP contribution in [-0.2, 0) is 14.3 Å². The third-order valence-electron chi connectivity index (χ3n) is 4.80. The van der Waals surface area contributed by atoms with Crippen molar-refractivity contribution < 1.29 is 33.8 Å². The Morgan fingerprint density at radius 2 is 1.58 bits per heavy atom. The molecule has 0 saturated carbocycles. The number of ether oxygens (including phenoxy) is 2. The van der Waals surface area contributed by atoms with Gasteiger partial charge < -0.3 is 29.9 Å². The van der Waals surface area contributed by atoms with E-state index in [4.69, 9.17) is 4.74 Å². The van der Waals surface area contributed by atoms with Crippen LogP contribution in [0.3, 0.4) is 0 Å². The number of rotatable bonds is 8. The van der Waals surface area contributed by atoms with Gasteiger partial charge in [-0.3, -0.25) is 24.6 Å². The Morgan fingerprint density at radius 3 is 2.14 bits per heavy atom. The number of methoxy groups -OCH3 is 2. The summed E-state index contributed by atoms with van der Waals surface area (Å²) in [5, 5.41) is 15.4. The molecular weight excluding hydrogens is 478 g/mol. The summed E-state index contributed by atoms with van der Waals surface area (Å²) in [4.78, 5) is 76.3. The number of carboxylic acids is 1. The minimum absolute atomic E-state index is 0.0368. The molecule has 0 radical (unpaired) electrons. The second-order valence-corrected chi connectivity index (χ2v) is 7.15. The van der Waals surface area contributed by atoms with Gasteiger partial charge in [0.15, 0.2) is 11.5 Å². The Labute approximate surface area is 200 Å². The summed E-state index contributed by atoms with van der Waals surface area (Å²) >= 11 is 0. The number of hydrogen-bond acceptors (Lipinski definition) is 10. The minimum atomic E-state index is -1.29. The Hall–Kier alpha value is -5.27. The molecule has 186 valence electrons. The summed E-state index contributed by atoms with van der Waals surface area (Å²) in [6.45, 7) is 1.06. The highest BCUT2D eigenvalue weighted by Crippen LogP contribution is 2.28. The lowest BCUT2D eigenvalue weighted by Gasteiger charge is -2.12. The van der Waals surface area contributed by atoms with E-state index in [1.54, 1.807) is 0 Å². The van der Waals surface area contributed by atoms with Gasteiger partial charge in [-0.05, 0) is 24.3 Å². The Morgan fingerprint density at radius 1 is 0.944 bits per heavy atom. The largest absolute Gasteiger partial charge is 0.494 e. The summed E-state index contributed by atoms with van der Waals surface area (Å²) in [7, 11) is 2.42. The van der Waals surface area contributed by atoms with Crippen LogP contribution in [0.1, 0.15) is 27.6 Å². The van der Waals surface area contributed by atoms with Crippen molar-refractivity contribution >= 4 is 51.7 Å². The number of anilines is 2. The number of aromatic carboxylic acids is 1. The molecule has 5 N–H and O–H groups in total. The molecule has 2 aromatic carbocycles. The third-order valence-corrected chi connectivity index (χ3v) is 4.80. The second-order valence-electron chi connectivity index (χ2n) is 7.15. The van der Waals surface area contributed by atoms with Crippen LogP contribution in [0, 0.1) is 0 Å². The maximum Gasteiger partial charge on any atom is 0.340 e. The van der Waals surface area contributed by atoms with Crippen molar-refractivity contribution in [2.24, 2.45) is 5.10 Å². The molecule has 0 aliphatic heterocycles. The molecule has 3 rings (SSSR count). The topological polar surface area (TPSA) is 209 Å². The van der Waals surface area contributed by atoms with Crippen LogP contribution in [-0.4, -0.2) is 58.6 Å². The first-order valence-electron chi connectivity index (χ1n) is 10.0. The Kier molecular flexibility index (Phi) is 7.28. The molecule has 14 heteroatoms. The predicted octanol–water partition coefficient (Wildman–Crippen LogP) is 0.705. The number of esters is 1. The molecule has 0 aliphatic carbocycles. The number of ketones is 1. The van der Waals surface area contributed by atoms with Crippen LogP contribution < -0.4 is 26.6 Å². The van der Waals surface area contributed by atoms with Gasteiger partial charge in [0, 0.05) is 13.0 Å². The van der Waals surface area contributed by atoms with E-state index >= 15 is 0 Å². The van der Waals surface area contributed by atoms with Crippen molar-refractivity contribution in [1.29, 1.82) is 0 Å². The molecule has 1 amide bonds. The first-order chi connectivity index (χ1) is 17.0. The van der Waals surface area contributed by atoms with Crippen LogP contribution in [0.2, 0.25) is 0 Å². The fourth-order valence-electron chi connectivity index (χ4n) is 3.06. The van der Waals surface area contributed by atoms with Gasteiger partial charge in [0.25, 0.3) is 5.91 Å². The lowest BCUT2D eigenvalue weighted by atomic mass is 10.1. The van der Waals surface area contributed by atoms with Gasteiger partial charge in [-0.2, -0.15) is 5.10 Å². The van der Waals surface area contributed by atoms with Crippen LogP contribution in [0.4, 0.5) is 11.4 Å². The molecule has 3 aromatic rings. The van der Waals surface area contributed by atoms with Gasteiger partial charge in [-0.25, -0.2) is 9.59 Å². The van der Waals surface area contributed by atoms with Gasteiger partial charge >= 0.3 is 23.1 Å². The number of benzene rings is 2. The number of hydrogen-bond donors (Lipinski definition) is 5. The highest BCUT2D eigenvalue weighted by molar-refractivity contribution is 6.67. The SMILES string of the molecule is COC(=O)c1ccc(C(=O)O)cc1N/N=C(/C(C)=O)C(=O)Nc1cc2[nH]c(=O)c(=O)[nH]c2cc1OC. The zero-order valence-corrected chi connectivity index (χ0v) is 19.0. The first kappa shape index (κ1) is 25.4. The smallest absolute Gasteiger partial charge is 0.340 e. The van der Waals surface area contributed by atoms with E-state index in [2.05, 4.69) is 30.5 Å². The molecule has 0 unspecified atom stereocenters. The minimum Gasteiger partial charge on any atom is -0.494 e. The van der Waals surface area contributed by atoms with Gasteiger partial charge in [-0.15, -0.1) is 0 Å². The maximum absolute atomic E-state index is 12.9. The average molecular weight is 497 g/mol. The highest BCUT2D eigenvalue weighted by Gasteiger charge is 2.21. The van der Waals surface area contributed by atoms with Crippen LogP contribution >= 0.6 is 0 Å². The molecule has 0 atom stereocenters. The lowest BCUT2D eigenvalue weighted by Crippen LogP contribution is -2.30. The van der Waals surface area contributed by atoms with Gasteiger partial charge in [0.2, 0.25) is 0 Å². The van der Waals surface area contributed by atoms with Gasteiger partial charge in [0.05, 0.1) is 47.8 Å². The molecule has 0 spiro atoms. The summed E-state index contributed by atoms with van der Waals surface area (Å²) in [6.07, 6.45) is 0. The number of hydrazone groups is 1. The van der Waals surface area contributed by atoms with Gasteiger partial charge in [-0.1, -0.05) is 0 Å². The van der Waals surface area contributed by atoms with Crippen molar-refractivity contribution in [2.45, 2.75) is 6.92 Å². The number of carboxylic acid groups (broad SMARTS) is 1. The molecule has 14 nitrogen and oxygen atoms in total. The van der Waals surface area contributed by atoms with E-state index < -0.39 is 40.5 Å². The molecule has 0 bridgehead atoms. The number of amides is 1. The average Bonchev–Trinajstić information content (AvgIpc) is 2.83. The zero-order chi connectivity index (χ0) is 26.6. The van der Waals surface area contributed by atoms with Crippen LogP contribution in [0.15, 0.2) is 45.0 Å². The van der Waals surface area contributed by atoms with E-state index in [-0.39, 0.29) is 39.3 Å². The fraction of sp³-hybridized carbons (Fsp3) is 0.136. The number of nitrogens with zero attached hydrogens (tertiary/aromatic N) is 1. The molecule has 0 fully saturated rings. The first-order valence-corrected chi connectivity index (χ1v) is 10.0. The molecule has 1 aromatic heterocycles. The Bertz CT molecular complexity index is 1550. The standard InChI is InChI=1S/C22H19N5O9/c1-9(28)17(27-26-12-6-10(21(32)33)4-5-11(12)22(34)36-3)18(29)25-15-7-13-14(8-16(15)35-2)24-20(31)19(30)23-13/h4-8,26H,1-3H3,(H,23,30)(H,24,31)(H,25,29)(H,32,33)/b27-17-. The van der Waals surface area contributed by atoms with Crippen molar-refractivity contribution in [2.75, 3.05) is 25.0 Å². The van der Waals surface area contributed by atoms with Crippen molar-refractivity contribution in [1.82, 2.24) is 9.97 Å². The maximum atomic E-state index is 12.9.